The number of ether oxygens (including phenoxy) is 3. The predicted molar refractivity (Wildman–Crippen MR) is 338 cm³/mol. The topological polar surface area (TPSA) is 175 Å². The second-order valence-electron chi connectivity index (χ2n) is 22.8. The van der Waals surface area contributed by atoms with Crippen LogP contribution in [-0.4, -0.2) is 99.6 Å². The molecule has 1 aliphatic rings. The van der Waals surface area contributed by atoms with Gasteiger partial charge in [-0.05, 0) is 103 Å². The van der Waals surface area contributed by atoms with Gasteiger partial charge >= 0.3 is 5.97 Å². The molecule has 8 atom stereocenters. The lowest BCUT2D eigenvalue weighted by Gasteiger charge is -2.41. The van der Waals surface area contributed by atoms with Gasteiger partial charge in [-0.25, -0.2) is 0 Å². The molecule has 0 saturated carbocycles. The van der Waals surface area contributed by atoms with Crippen LogP contribution >= 0.6 is 0 Å². The van der Waals surface area contributed by atoms with Crippen LogP contribution in [0.5, 0.6) is 0 Å². The van der Waals surface area contributed by atoms with E-state index in [0.29, 0.717) is 12.8 Å². The molecule has 0 aromatic rings. The van der Waals surface area contributed by atoms with E-state index in [-0.39, 0.29) is 19.4 Å². The second kappa shape index (κ2) is 57.3. The van der Waals surface area contributed by atoms with Crippen LogP contribution in [0.4, 0.5) is 0 Å². The SMILES string of the molecule is CCCCC/C=C\C/C=C\C/C=C\C/C=C\CCCCCCC(O)C(=O)NC(COC1OC(CO)C(O)C(O)C1OC(=O)CCCCCCCCCCC/C=C\C/C=C\CCCCC)C(O)/C=C/CCCCCCCCCCCCC. The van der Waals surface area contributed by atoms with Crippen molar-refractivity contribution in [1.82, 2.24) is 5.32 Å². The van der Waals surface area contributed by atoms with E-state index in [4.69, 9.17) is 14.2 Å². The molecule has 6 N–H and O–H groups in total. The van der Waals surface area contributed by atoms with Gasteiger partial charge in [0.1, 0.15) is 24.4 Å². The number of unbranched alkanes of at least 4 members (excludes halogenated alkanes) is 30. The second-order valence-corrected chi connectivity index (χ2v) is 22.8. The maximum absolute atomic E-state index is 13.5. The number of nitrogens with one attached hydrogen (secondary N) is 1. The van der Waals surface area contributed by atoms with E-state index in [1.54, 1.807) is 6.08 Å². The summed E-state index contributed by atoms with van der Waals surface area (Å²) in [5, 5.41) is 57.1. The van der Waals surface area contributed by atoms with Crippen molar-refractivity contribution in [2.24, 2.45) is 0 Å². The normalized spacial score (nSPS) is 19.2. The molecular weight excluding hydrogens is 1010 g/mol. The summed E-state index contributed by atoms with van der Waals surface area (Å²) in [7, 11) is 0. The Balaban J connectivity index is 2.68. The largest absolute Gasteiger partial charge is 0.454 e. The number of allylic oxidation sites excluding steroid dienone is 13. The van der Waals surface area contributed by atoms with Crippen molar-refractivity contribution in [3.05, 3.63) is 85.1 Å². The number of amides is 1. The Morgan fingerprint density at radius 2 is 0.852 bits per heavy atom. The van der Waals surface area contributed by atoms with Gasteiger partial charge in [0, 0.05) is 6.42 Å². The van der Waals surface area contributed by atoms with Crippen LogP contribution in [-0.2, 0) is 23.8 Å². The molecule has 0 radical (unpaired) electrons. The van der Waals surface area contributed by atoms with E-state index in [1.807, 2.05) is 6.08 Å². The number of aliphatic hydroxyl groups is 5. The maximum atomic E-state index is 13.5. The molecule has 0 aliphatic carbocycles. The van der Waals surface area contributed by atoms with Crippen LogP contribution in [0.15, 0.2) is 85.1 Å². The van der Waals surface area contributed by atoms with Gasteiger partial charge in [0.2, 0.25) is 5.91 Å². The monoisotopic (exact) mass is 1140 g/mol. The van der Waals surface area contributed by atoms with E-state index in [0.717, 1.165) is 103 Å². The van der Waals surface area contributed by atoms with Crippen molar-refractivity contribution >= 4 is 11.9 Å². The standard InChI is InChI=1S/C70H123NO10/c1-4-7-10-13-16-19-22-25-27-29-31-33-34-36-39-42-45-48-51-54-57-63(74)69(78)71-61(62(73)56-53-50-47-44-41-38-24-21-18-15-12-9-6-3)60-79-70-68(67(77)66(76)64(59-72)80-70)81-65(75)58-55-52-49-46-43-40-37-35-32-30-28-26-23-20-17-14-11-8-5-2/h16-17,19-20,25-28,31,33,36,39,53,56,61-64,66-68,70,72-74,76-77H,4-15,18,21-24,29-30,32,34-35,37-38,40-52,54-55,57-60H2,1-3H3,(H,71,78)/b19-16-,20-17-,27-25-,28-26-,33-31-,39-36-,56-53+. The summed E-state index contributed by atoms with van der Waals surface area (Å²) in [4.78, 5) is 26.6. The van der Waals surface area contributed by atoms with E-state index in [9.17, 15) is 35.1 Å². The molecule has 1 heterocycles. The van der Waals surface area contributed by atoms with Gasteiger partial charge in [0.05, 0.1) is 25.4 Å². The Hall–Kier alpha value is -3.16. The molecule has 1 aliphatic heterocycles. The minimum Gasteiger partial charge on any atom is -0.454 e. The zero-order valence-electron chi connectivity index (χ0n) is 51.9. The smallest absolute Gasteiger partial charge is 0.306 e. The maximum Gasteiger partial charge on any atom is 0.306 e. The number of carbonyl (C=O) groups excluding carboxylic acids is 2. The molecule has 468 valence electrons. The number of esters is 1. The molecule has 81 heavy (non-hydrogen) atoms. The highest BCUT2D eigenvalue weighted by molar-refractivity contribution is 5.80. The number of hydrogen-bond donors (Lipinski definition) is 6. The molecule has 1 fully saturated rings. The summed E-state index contributed by atoms with van der Waals surface area (Å²) >= 11 is 0. The van der Waals surface area contributed by atoms with Gasteiger partial charge in [0.15, 0.2) is 12.4 Å². The fourth-order valence-electron chi connectivity index (χ4n) is 9.96. The lowest BCUT2D eigenvalue weighted by atomic mass is 9.99. The minimum absolute atomic E-state index is 0.113. The predicted octanol–water partition coefficient (Wildman–Crippen LogP) is 16.5. The summed E-state index contributed by atoms with van der Waals surface area (Å²) in [6.45, 7) is 5.74. The Bertz CT molecular complexity index is 1640. The van der Waals surface area contributed by atoms with Crippen LogP contribution in [0.2, 0.25) is 0 Å². The van der Waals surface area contributed by atoms with Gasteiger partial charge < -0.3 is 45.1 Å². The summed E-state index contributed by atoms with van der Waals surface area (Å²) in [5.74, 6) is -1.22. The zero-order valence-corrected chi connectivity index (χ0v) is 51.9. The molecule has 1 amide bonds. The lowest BCUT2D eigenvalue weighted by Crippen LogP contribution is -2.61. The number of rotatable bonds is 56. The van der Waals surface area contributed by atoms with E-state index < -0.39 is 67.4 Å². The van der Waals surface area contributed by atoms with Gasteiger partial charge in [-0.1, -0.05) is 260 Å². The quantitative estimate of drug-likeness (QED) is 0.0195. The fourth-order valence-corrected chi connectivity index (χ4v) is 9.96. The van der Waals surface area contributed by atoms with Crippen molar-refractivity contribution in [2.45, 2.75) is 333 Å². The summed E-state index contributed by atoms with van der Waals surface area (Å²) in [6, 6.07) is -1.04. The van der Waals surface area contributed by atoms with Crippen LogP contribution in [0, 0.1) is 0 Å². The molecule has 0 aromatic heterocycles. The first-order valence-electron chi connectivity index (χ1n) is 33.4. The summed E-state index contributed by atoms with van der Waals surface area (Å²) in [6.07, 6.45) is 64.6. The zero-order chi connectivity index (χ0) is 58.9. The molecule has 0 spiro atoms. The lowest BCUT2D eigenvalue weighted by molar-refractivity contribution is -0.305. The van der Waals surface area contributed by atoms with E-state index >= 15 is 0 Å². The molecule has 1 rings (SSSR count). The van der Waals surface area contributed by atoms with Crippen molar-refractivity contribution in [2.75, 3.05) is 13.2 Å². The third-order valence-electron chi connectivity index (χ3n) is 15.3. The van der Waals surface area contributed by atoms with Crippen molar-refractivity contribution < 1.29 is 49.3 Å². The third-order valence-corrected chi connectivity index (χ3v) is 15.3. The summed E-state index contributed by atoms with van der Waals surface area (Å²) in [5.41, 5.74) is 0. The molecular formula is C70H123NO10. The van der Waals surface area contributed by atoms with Gasteiger partial charge in [-0.15, -0.1) is 0 Å². The van der Waals surface area contributed by atoms with Gasteiger partial charge in [0.25, 0.3) is 0 Å². The Morgan fingerprint density at radius 3 is 1.30 bits per heavy atom. The average Bonchev–Trinajstić information content (AvgIpc) is 3.46. The molecule has 1 saturated heterocycles. The van der Waals surface area contributed by atoms with Crippen molar-refractivity contribution in [1.29, 1.82) is 0 Å². The first-order chi connectivity index (χ1) is 39.7. The number of carbonyl (C=O) groups is 2. The van der Waals surface area contributed by atoms with Crippen LogP contribution in [0.3, 0.4) is 0 Å². The number of hydrogen-bond acceptors (Lipinski definition) is 10. The first-order valence-corrected chi connectivity index (χ1v) is 33.4. The fraction of sp³-hybridized carbons (Fsp3) is 0.771. The average molecular weight is 1140 g/mol. The van der Waals surface area contributed by atoms with Crippen LogP contribution in [0.1, 0.15) is 284 Å². The van der Waals surface area contributed by atoms with Crippen molar-refractivity contribution in [3.8, 4) is 0 Å². The molecule has 11 nitrogen and oxygen atoms in total. The highest BCUT2D eigenvalue weighted by atomic mass is 16.7. The molecule has 8 unspecified atom stereocenters. The molecule has 11 heteroatoms. The van der Waals surface area contributed by atoms with Crippen LogP contribution in [0.25, 0.3) is 0 Å². The highest BCUT2D eigenvalue weighted by Crippen LogP contribution is 2.26. The van der Waals surface area contributed by atoms with Gasteiger partial charge in [-0.2, -0.15) is 0 Å². The Morgan fingerprint density at radius 1 is 0.481 bits per heavy atom. The minimum atomic E-state index is -1.62. The third kappa shape index (κ3) is 45.0. The summed E-state index contributed by atoms with van der Waals surface area (Å²) < 4.78 is 17.7. The van der Waals surface area contributed by atoms with Gasteiger partial charge in [-0.3, -0.25) is 9.59 Å². The Kier molecular flexibility index (Phi) is 53.6. The Labute approximate surface area is 495 Å². The highest BCUT2D eigenvalue weighted by Gasteiger charge is 2.47. The van der Waals surface area contributed by atoms with E-state index in [1.165, 1.54) is 135 Å². The van der Waals surface area contributed by atoms with Crippen molar-refractivity contribution in [3.63, 3.8) is 0 Å². The van der Waals surface area contributed by atoms with Crippen LogP contribution < -0.4 is 5.32 Å². The first kappa shape index (κ1) is 75.9. The number of aliphatic hydroxyl groups excluding tert-OH is 5. The van der Waals surface area contributed by atoms with E-state index in [2.05, 4.69) is 99.0 Å². The molecule has 0 bridgehead atoms. The molecule has 0 aromatic carbocycles.